The number of benzene rings is 3. The van der Waals surface area contributed by atoms with Crippen LogP contribution in [0.5, 0.6) is 5.75 Å². The Kier molecular flexibility index (Phi) is 11.5. The number of hydrogen-bond donors (Lipinski definition) is 1. The number of hydrogen-bond acceptors (Lipinski definition) is 5. The van der Waals surface area contributed by atoms with Crippen LogP contribution in [0.15, 0.2) is 93.0 Å². The van der Waals surface area contributed by atoms with E-state index in [2.05, 4.69) is 68.1 Å². The summed E-state index contributed by atoms with van der Waals surface area (Å²) in [5.41, 5.74) is 10.8. The Morgan fingerprint density at radius 3 is 2.42 bits per heavy atom. The normalized spacial score (nSPS) is 14.8. The fourth-order valence-electron chi connectivity index (χ4n) is 3.63. The molecule has 3 aromatic carbocycles. The molecule has 0 amide bonds. The van der Waals surface area contributed by atoms with Crippen LogP contribution in [0.3, 0.4) is 0 Å². The van der Waals surface area contributed by atoms with Gasteiger partial charge in [0, 0.05) is 28.1 Å². The highest BCUT2D eigenvalue weighted by molar-refractivity contribution is 8.14. The predicted octanol–water partition coefficient (Wildman–Crippen LogP) is 6.39. The van der Waals surface area contributed by atoms with Gasteiger partial charge < -0.3 is 10.6 Å². The molecular formula is C27H29F3N6OS. The molecule has 0 radical (unpaired) electrons. The molecule has 0 saturated carbocycles. The number of thioether (sulfide) groups is 1. The average molecular weight is 543 g/mol. The highest BCUT2D eigenvalue weighted by atomic mass is 32.2. The van der Waals surface area contributed by atoms with Gasteiger partial charge in [-0.2, -0.15) is 5.10 Å². The van der Waals surface area contributed by atoms with Crippen LogP contribution in [-0.2, 0) is 0 Å². The summed E-state index contributed by atoms with van der Waals surface area (Å²) in [4.78, 5) is 14.2. The first-order valence-corrected chi connectivity index (χ1v) is 12.5. The fourth-order valence-corrected chi connectivity index (χ4v) is 4.54. The van der Waals surface area contributed by atoms with Crippen molar-refractivity contribution in [2.24, 2.45) is 25.9 Å². The lowest BCUT2D eigenvalue weighted by Crippen LogP contribution is -2.24. The number of nitrogens with two attached hydrogens (primary N) is 1. The Morgan fingerprint density at radius 2 is 1.74 bits per heavy atom. The van der Waals surface area contributed by atoms with E-state index < -0.39 is 0 Å². The lowest BCUT2D eigenvalue weighted by molar-refractivity contribution is -0.00618. The van der Waals surface area contributed by atoms with Crippen LogP contribution in [0.1, 0.15) is 36.5 Å². The maximum absolute atomic E-state index is 12.1. The molecule has 0 unspecified atom stereocenters. The van der Waals surface area contributed by atoms with E-state index in [1.807, 2.05) is 24.3 Å². The van der Waals surface area contributed by atoms with Gasteiger partial charge >= 0.3 is 0 Å². The summed E-state index contributed by atoms with van der Waals surface area (Å²) in [5, 5.41) is 9.73. The molecule has 4 rings (SSSR count). The van der Waals surface area contributed by atoms with Crippen molar-refractivity contribution in [1.29, 1.82) is 0 Å². The van der Waals surface area contributed by atoms with Gasteiger partial charge in [-0.15, -0.1) is 5.10 Å². The van der Waals surface area contributed by atoms with E-state index in [1.54, 1.807) is 30.1 Å². The molecule has 2 N–H and O–H groups in total. The Morgan fingerprint density at radius 1 is 1.03 bits per heavy atom. The van der Waals surface area contributed by atoms with E-state index in [0.717, 1.165) is 28.6 Å². The maximum Gasteiger partial charge on any atom is 0.190 e. The zero-order valence-corrected chi connectivity index (χ0v) is 21.7. The molecule has 200 valence electrons. The van der Waals surface area contributed by atoms with E-state index >= 15 is 0 Å². The molecule has 0 aromatic heterocycles. The lowest BCUT2D eigenvalue weighted by Gasteiger charge is -2.22. The molecule has 1 aliphatic heterocycles. The highest BCUT2D eigenvalue weighted by Gasteiger charge is 2.23. The van der Waals surface area contributed by atoms with Crippen LogP contribution in [-0.4, -0.2) is 35.9 Å². The van der Waals surface area contributed by atoms with Crippen LogP contribution < -0.4 is 15.6 Å². The summed E-state index contributed by atoms with van der Waals surface area (Å²) in [7, 11) is 0. The average Bonchev–Trinajstić information content (AvgIpc) is 3.38. The molecule has 38 heavy (non-hydrogen) atoms. The summed E-state index contributed by atoms with van der Waals surface area (Å²) in [6, 6.07) is 22.2. The quantitative estimate of drug-likeness (QED) is 0.203. The van der Waals surface area contributed by atoms with Gasteiger partial charge in [-0.25, -0.2) is 9.98 Å². The van der Waals surface area contributed by atoms with Crippen molar-refractivity contribution in [2.75, 3.05) is 17.2 Å². The monoisotopic (exact) mass is 542 g/mol. The molecule has 0 aliphatic carbocycles. The zero-order chi connectivity index (χ0) is 25.3. The van der Waals surface area contributed by atoms with Gasteiger partial charge in [-0.05, 0) is 47.4 Å². The number of halogens is 3. The summed E-state index contributed by atoms with van der Waals surface area (Å²) in [6.07, 6.45) is 3.08. The molecule has 7 nitrogen and oxygen atoms in total. The lowest BCUT2D eigenvalue weighted by atomic mass is 10.0. The minimum Gasteiger partial charge on any atom is -0.383 e. The minimum absolute atomic E-state index is 0. The third kappa shape index (κ3) is 7.69. The first kappa shape index (κ1) is 30.1. The van der Waals surface area contributed by atoms with Crippen LogP contribution in [0.25, 0.3) is 0 Å². The number of amidine groups is 2. The van der Waals surface area contributed by atoms with E-state index in [9.17, 15) is 4.53 Å². The zero-order valence-electron chi connectivity index (χ0n) is 20.9. The predicted molar refractivity (Wildman–Crippen MR) is 154 cm³/mol. The molecule has 11 heteroatoms. The number of rotatable bonds is 8. The summed E-state index contributed by atoms with van der Waals surface area (Å²) >= 11 is 1.71. The maximum atomic E-state index is 12.1. The summed E-state index contributed by atoms with van der Waals surface area (Å²) < 4.78 is 12.1. The van der Waals surface area contributed by atoms with Crippen LogP contribution >= 0.6 is 11.8 Å². The van der Waals surface area contributed by atoms with Gasteiger partial charge in [0.15, 0.2) is 10.9 Å². The Bertz CT molecular complexity index is 1290. The van der Waals surface area contributed by atoms with Crippen LogP contribution in [0.2, 0.25) is 0 Å². The van der Waals surface area contributed by atoms with Crippen molar-refractivity contribution in [1.82, 2.24) is 0 Å². The number of para-hydroxylation sites is 1. The number of nitrogens with zero attached hydrogens (tertiary/aromatic N) is 5. The topological polar surface area (TPSA) is 87.9 Å². The standard InChI is InChI=1S/C27H27FN6OS.2FH/c1-19(2)24-5-3-4-6-25(24)34-15-16-36-27(34)33-32-17-20-7-9-21(10-8-20)26(29)31-18-30-22-11-13-23(35-28)14-12-22;;/h3-14,17-19H,15-16H2,1-2H3,(H2,29,30,31);2*1H/b32-17+,33-27-;;. The van der Waals surface area contributed by atoms with Crippen molar-refractivity contribution in [2.45, 2.75) is 19.8 Å². The van der Waals surface area contributed by atoms with Crippen molar-refractivity contribution in [3.8, 4) is 5.75 Å². The van der Waals surface area contributed by atoms with Gasteiger partial charge in [0.25, 0.3) is 0 Å². The Hall–Kier alpha value is -4.12. The molecule has 1 saturated heterocycles. The molecule has 0 bridgehead atoms. The van der Waals surface area contributed by atoms with E-state index in [-0.39, 0.29) is 15.2 Å². The molecule has 1 heterocycles. The van der Waals surface area contributed by atoms with Crippen molar-refractivity contribution in [3.63, 3.8) is 0 Å². The first-order chi connectivity index (χ1) is 17.5. The number of anilines is 1. The van der Waals surface area contributed by atoms with Crippen molar-refractivity contribution >= 4 is 46.7 Å². The van der Waals surface area contributed by atoms with Crippen LogP contribution in [0, 0.1) is 0 Å². The molecule has 1 aliphatic rings. The third-order valence-corrected chi connectivity index (χ3v) is 6.46. The SMILES string of the molecule is CC(C)c1ccccc1N1CCS/C1=N\N=C\c1ccc(C(N)=NC=Nc2ccc(OF)cc2)cc1.F.F. The van der Waals surface area contributed by atoms with Gasteiger partial charge in [-0.3, -0.25) is 14.4 Å². The molecular weight excluding hydrogens is 513 g/mol. The second-order valence-electron chi connectivity index (χ2n) is 8.29. The van der Waals surface area contributed by atoms with Gasteiger partial charge in [-0.1, -0.05) is 68.1 Å². The summed E-state index contributed by atoms with van der Waals surface area (Å²) in [6.45, 7) is 5.32. The Labute approximate surface area is 223 Å². The van der Waals surface area contributed by atoms with E-state index in [1.165, 1.54) is 29.7 Å². The van der Waals surface area contributed by atoms with Gasteiger partial charge in [0.05, 0.1) is 11.9 Å². The van der Waals surface area contributed by atoms with Gasteiger partial charge in [0.2, 0.25) is 0 Å². The van der Waals surface area contributed by atoms with E-state index in [0.29, 0.717) is 17.4 Å². The molecule has 0 spiro atoms. The molecule has 0 atom stereocenters. The highest BCUT2D eigenvalue weighted by Crippen LogP contribution is 2.32. The Balaban J connectivity index is 0.00000253. The second-order valence-corrected chi connectivity index (χ2v) is 9.35. The summed E-state index contributed by atoms with van der Waals surface area (Å²) in [5.74, 6) is 1.85. The first-order valence-electron chi connectivity index (χ1n) is 11.5. The smallest absolute Gasteiger partial charge is 0.190 e. The largest absolute Gasteiger partial charge is 0.383 e. The van der Waals surface area contributed by atoms with Crippen LogP contribution in [0.4, 0.5) is 25.3 Å². The second kappa shape index (κ2) is 14.6. The number of aliphatic imine (C=N–C) groups is 2. The van der Waals surface area contributed by atoms with Crippen molar-refractivity contribution < 1.29 is 18.9 Å². The molecule has 3 aromatic rings. The van der Waals surface area contributed by atoms with E-state index in [4.69, 9.17) is 5.73 Å². The fraction of sp³-hybridized carbons (Fsp3) is 0.185. The van der Waals surface area contributed by atoms with Gasteiger partial charge in [0.1, 0.15) is 12.2 Å². The van der Waals surface area contributed by atoms with Crippen molar-refractivity contribution in [3.05, 3.63) is 89.5 Å². The third-order valence-electron chi connectivity index (χ3n) is 5.51. The minimum atomic E-state index is 0. The molecule has 1 fully saturated rings.